The van der Waals surface area contributed by atoms with Crippen LogP contribution in [0.5, 0.6) is 0 Å². The highest BCUT2D eigenvalue weighted by Crippen LogP contribution is 2.28. The summed E-state index contributed by atoms with van der Waals surface area (Å²) in [7, 11) is -3.59. The van der Waals surface area contributed by atoms with Crippen LogP contribution < -0.4 is 0 Å². The van der Waals surface area contributed by atoms with E-state index in [-0.39, 0.29) is 5.09 Å². The molecule has 2 aromatic rings. The van der Waals surface area contributed by atoms with Gasteiger partial charge in [0, 0.05) is 37.4 Å². The minimum atomic E-state index is -3.59. The third kappa shape index (κ3) is 3.13. The number of sulfonamides is 1. The molecule has 2 aromatic heterocycles. The number of hydrogen-bond donors (Lipinski definition) is 1. The van der Waals surface area contributed by atoms with Gasteiger partial charge in [0.15, 0.2) is 5.76 Å². The van der Waals surface area contributed by atoms with Gasteiger partial charge in [-0.15, -0.1) is 0 Å². The topological polar surface area (TPSA) is 82.4 Å². The molecule has 1 aliphatic heterocycles. The maximum Gasteiger partial charge on any atom is 0.276 e. The number of nitrogens with one attached hydrogen (secondary N) is 1. The van der Waals surface area contributed by atoms with Crippen LogP contribution in [0.25, 0.3) is 11.5 Å². The lowest BCUT2D eigenvalue weighted by Gasteiger charge is -2.33. The fourth-order valence-corrected chi connectivity index (χ4v) is 4.28. The van der Waals surface area contributed by atoms with Gasteiger partial charge >= 0.3 is 0 Å². The molecule has 132 valence electrons. The van der Waals surface area contributed by atoms with Gasteiger partial charge in [0.25, 0.3) is 10.0 Å². The number of piperazine rings is 1. The van der Waals surface area contributed by atoms with Crippen LogP contribution in [0.15, 0.2) is 21.6 Å². The van der Waals surface area contributed by atoms with Gasteiger partial charge in [-0.25, -0.2) is 8.42 Å². The van der Waals surface area contributed by atoms with Crippen LogP contribution >= 0.6 is 0 Å². The van der Waals surface area contributed by atoms with E-state index in [4.69, 9.17) is 4.42 Å². The Morgan fingerprint density at radius 2 is 1.92 bits per heavy atom. The Bertz CT molecular complexity index is 801. The highest BCUT2D eigenvalue weighted by molar-refractivity contribution is 7.89. The number of rotatable bonds is 5. The number of H-pyrrole nitrogens is 1. The number of furan rings is 1. The van der Waals surface area contributed by atoms with Gasteiger partial charge in [0.05, 0.1) is 0 Å². The van der Waals surface area contributed by atoms with Gasteiger partial charge in [-0.3, -0.25) is 5.10 Å². The van der Waals surface area contributed by atoms with Crippen LogP contribution in [0.4, 0.5) is 0 Å². The lowest BCUT2D eigenvalue weighted by Crippen LogP contribution is -2.48. The van der Waals surface area contributed by atoms with E-state index < -0.39 is 10.0 Å². The van der Waals surface area contributed by atoms with Crippen LogP contribution in [-0.4, -0.2) is 60.5 Å². The lowest BCUT2D eigenvalue weighted by molar-refractivity contribution is 0.187. The van der Waals surface area contributed by atoms with E-state index >= 15 is 0 Å². The molecule has 0 spiro atoms. The smallest absolute Gasteiger partial charge is 0.276 e. The number of aryl methyl sites for hydroxylation is 1. The average Bonchev–Trinajstić information content (AvgIpc) is 3.17. The highest BCUT2D eigenvalue weighted by Gasteiger charge is 2.31. The molecule has 1 N–H and O–H groups in total. The van der Waals surface area contributed by atoms with E-state index in [0.717, 1.165) is 37.3 Å². The highest BCUT2D eigenvalue weighted by atomic mass is 32.2. The molecule has 0 aliphatic carbocycles. The van der Waals surface area contributed by atoms with Crippen molar-refractivity contribution < 1.29 is 12.8 Å². The van der Waals surface area contributed by atoms with Crippen molar-refractivity contribution in [3.63, 3.8) is 0 Å². The average molecular weight is 352 g/mol. The molecular weight excluding hydrogens is 328 g/mol. The van der Waals surface area contributed by atoms with E-state index in [9.17, 15) is 8.42 Å². The minimum Gasteiger partial charge on any atom is -0.442 e. The predicted molar refractivity (Wildman–Crippen MR) is 91.3 cm³/mol. The summed E-state index contributed by atoms with van der Waals surface area (Å²) in [6, 6.07) is 3.19. The number of aromatic nitrogens is 2. The largest absolute Gasteiger partial charge is 0.442 e. The number of aromatic amines is 1. The molecule has 3 heterocycles. The summed E-state index contributed by atoms with van der Waals surface area (Å²) in [4.78, 5) is 2.29. The number of nitrogens with zero attached hydrogens (tertiary/aromatic N) is 3. The molecule has 1 saturated heterocycles. The van der Waals surface area contributed by atoms with Gasteiger partial charge < -0.3 is 9.32 Å². The zero-order valence-electron chi connectivity index (χ0n) is 14.4. The summed E-state index contributed by atoms with van der Waals surface area (Å²) < 4.78 is 32.7. The Balaban J connectivity index is 1.78. The van der Waals surface area contributed by atoms with E-state index in [1.165, 1.54) is 10.4 Å². The number of hydrogen-bond acceptors (Lipinski definition) is 5. The van der Waals surface area contributed by atoms with E-state index in [1.807, 2.05) is 13.8 Å². The van der Waals surface area contributed by atoms with E-state index in [2.05, 4.69) is 22.0 Å². The molecule has 8 heteroatoms. The molecule has 0 unspecified atom stereocenters. The first-order chi connectivity index (χ1) is 11.4. The van der Waals surface area contributed by atoms with E-state index in [0.29, 0.717) is 24.5 Å². The van der Waals surface area contributed by atoms with Crippen molar-refractivity contribution in [1.29, 1.82) is 0 Å². The van der Waals surface area contributed by atoms with Crippen LogP contribution in [-0.2, 0) is 10.0 Å². The zero-order chi connectivity index (χ0) is 17.3. The molecule has 0 atom stereocenters. The van der Waals surface area contributed by atoms with Gasteiger partial charge in [-0.05, 0) is 38.9 Å². The second kappa shape index (κ2) is 6.70. The molecule has 1 aliphatic rings. The molecule has 0 saturated carbocycles. The second-order valence-electron chi connectivity index (χ2n) is 6.19. The second-order valence-corrected chi connectivity index (χ2v) is 8.06. The quantitative estimate of drug-likeness (QED) is 0.890. The van der Waals surface area contributed by atoms with Crippen molar-refractivity contribution in [1.82, 2.24) is 19.4 Å². The Labute approximate surface area is 142 Å². The maximum absolute atomic E-state index is 12.8. The molecule has 0 bridgehead atoms. The third-order valence-electron chi connectivity index (χ3n) is 4.53. The van der Waals surface area contributed by atoms with E-state index in [1.54, 1.807) is 6.07 Å². The first-order valence-electron chi connectivity index (χ1n) is 8.27. The Morgan fingerprint density at radius 3 is 2.50 bits per heavy atom. The van der Waals surface area contributed by atoms with Crippen molar-refractivity contribution in [2.45, 2.75) is 32.3 Å². The van der Waals surface area contributed by atoms with Gasteiger partial charge in [-0.2, -0.15) is 9.40 Å². The molecule has 24 heavy (non-hydrogen) atoms. The van der Waals surface area contributed by atoms with Crippen molar-refractivity contribution in [3.05, 3.63) is 23.4 Å². The van der Waals surface area contributed by atoms with Gasteiger partial charge in [0.2, 0.25) is 5.09 Å². The standard InChI is InChI=1S/C16H24N4O3S/c1-4-7-19-8-10-20(11-9-19)24(21,22)15-6-5-14(23-15)16-12(2)13(3)17-18-16/h5-6H,4,7-11H2,1-3H3,(H,17,18). The fourth-order valence-electron chi connectivity index (χ4n) is 2.95. The van der Waals surface area contributed by atoms with Crippen LogP contribution in [0, 0.1) is 13.8 Å². The van der Waals surface area contributed by atoms with Crippen LogP contribution in [0.2, 0.25) is 0 Å². The monoisotopic (exact) mass is 352 g/mol. The fraction of sp³-hybridized carbons (Fsp3) is 0.562. The molecule has 3 rings (SSSR count). The maximum atomic E-state index is 12.8. The zero-order valence-corrected chi connectivity index (χ0v) is 15.2. The third-order valence-corrected chi connectivity index (χ3v) is 6.31. The van der Waals surface area contributed by atoms with Crippen molar-refractivity contribution in [2.24, 2.45) is 0 Å². The normalized spacial score (nSPS) is 17.5. The summed E-state index contributed by atoms with van der Waals surface area (Å²) in [5.74, 6) is 0.472. The predicted octanol–water partition coefficient (Wildman–Crippen LogP) is 2.00. The van der Waals surface area contributed by atoms with Crippen LogP contribution in [0.1, 0.15) is 24.6 Å². The summed E-state index contributed by atoms with van der Waals surface area (Å²) in [6.45, 7) is 9.51. The Morgan fingerprint density at radius 1 is 1.21 bits per heavy atom. The molecule has 0 aromatic carbocycles. The first-order valence-corrected chi connectivity index (χ1v) is 9.71. The van der Waals surface area contributed by atoms with Crippen molar-refractivity contribution >= 4 is 10.0 Å². The summed E-state index contributed by atoms with van der Waals surface area (Å²) >= 11 is 0. The SMILES string of the molecule is CCCN1CCN(S(=O)(=O)c2ccc(-c3n[nH]c(C)c3C)o2)CC1. The molecule has 0 amide bonds. The molecular formula is C16H24N4O3S. The summed E-state index contributed by atoms with van der Waals surface area (Å²) in [6.07, 6.45) is 1.08. The van der Waals surface area contributed by atoms with Gasteiger partial charge in [0.1, 0.15) is 5.69 Å². The summed E-state index contributed by atoms with van der Waals surface area (Å²) in [5, 5.41) is 7.07. The first kappa shape index (κ1) is 17.2. The van der Waals surface area contributed by atoms with Crippen molar-refractivity contribution in [2.75, 3.05) is 32.7 Å². The molecule has 7 nitrogen and oxygen atoms in total. The molecule has 1 fully saturated rings. The van der Waals surface area contributed by atoms with Gasteiger partial charge in [-0.1, -0.05) is 6.92 Å². The van der Waals surface area contributed by atoms with Crippen molar-refractivity contribution in [3.8, 4) is 11.5 Å². The van der Waals surface area contributed by atoms with Crippen LogP contribution in [0.3, 0.4) is 0 Å². The summed E-state index contributed by atoms with van der Waals surface area (Å²) in [5.41, 5.74) is 2.56. The molecule has 0 radical (unpaired) electrons. The minimum absolute atomic E-state index is 0.0125. The Kier molecular flexibility index (Phi) is 4.80. The lowest BCUT2D eigenvalue weighted by atomic mass is 10.2. The Hall–Kier alpha value is -1.64.